The maximum atomic E-state index is 12.3. The molecule has 1 unspecified atom stereocenters. The number of nitrogens with one attached hydrogen (secondary N) is 1. The number of aromatic nitrogens is 2. The highest BCUT2D eigenvalue weighted by Gasteiger charge is 2.50. The number of rotatable bonds is 3. The molecule has 1 aliphatic rings. The minimum Gasteiger partial charge on any atom is -0.300 e. The van der Waals surface area contributed by atoms with Crippen LogP contribution in [0.15, 0.2) is 42.6 Å². The largest absolute Gasteiger partial charge is 0.325 e. The fraction of sp³-hybridized carbons (Fsp3) is 0.267. The zero-order valence-electron chi connectivity index (χ0n) is 11.9. The zero-order valence-corrected chi connectivity index (χ0v) is 11.9. The van der Waals surface area contributed by atoms with E-state index in [1.807, 2.05) is 49.6 Å². The van der Waals surface area contributed by atoms with E-state index in [-0.39, 0.29) is 12.5 Å². The number of hydrogen-bond acceptors (Lipinski definition) is 3. The van der Waals surface area contributed by atoms with E-state index >= 15 is 0 Å². The first-order valence-electron chi connectivity index (χ1n) is 6.69. The van der Waals surface area contributed by atoms with E-state index in [0.717, 1.165) is 11.3 Å². The summed E-state index contributed by atoms with van der Waals surface area (Å²) in [6.45, 7) is 2.04. The molecule has 1 saturated heterocycles. The first-order chi connectivity index (χ1) is 10.0. The normalized spacial score (nSPS) is 21.7. The molecule has 108 valence electrons. The molecule has 1 atom stereocenters. The van der Waals surface area contributed by atoms with Crippen LogP contribution in [0.5, 0.6) is 0 Å². The summed E-state index contributed by atoms with van der Waals surface area (Å²) in [5.41, 5.74) is 0.504. The number of aryl methyl sites for hydroxylation is 1. The molecule has 0 spiro atoms. The van der Waals surface area contributed by atoms with Crippen molar-refractivity contribution < 1.29 is 9.59 Å². The number of nitrogens with zero attached hydrogens (tertiary/aromatic N) is 3. The summed E-state index contributed by atoms with van der Waals surface area (Å²) < 4.78 is 1.67. The number of benzene rings is 1. The Labute approximate surface area is 122 Å². The van der Waals surface area contributed by atoms with Gasteiger partial charge in [0.05, 0.1) is 12.2 Å². The molecule has 1 fully saturated rings. The molecule has 1 N–H and O–H groups in total. The van der Waals surface area contributed by atoms with Gasteiger partial charge in [0.2, 0.25) is 0 Å². The average molecular weight is 284 g/mol. The lowest BCUT2D eigenvalue weighted by Gasteiger charge is -2.31. The van der Waals surface area contributed by atoms with Crippen molar-refractivity contribution in [3.05, 3.63) is 53.9 Å². The van der Waals surface area contributed by atoms with Gasteiger partial charge in [-0.15, -0.1) is 0 Å². The molecule has 0 bridgehead atoms. The Kier molecular flexibility index (Phi) is 3.01. The van der Waals surface area contributed by atoms with Gasteiger partial charge < -0.3 is 0 Å². The van der Waals surface area contributed by atoms with Gasteiger partial charge in [-0.25, -0.2) is 4.79 Å². The van der Waals surface area contributed by atoms with Crippen molar-refractivity contribution in [1.82, 2.24) is 20.0 Å². The van der Waals surface area contributed by atoms with E-state index in [0.29, 0.717) is 0 Å². The minimum absolute atomic E-state index is 0.282. The highest BCUT2D eigenvalue weighted by Crippen LogP contribution is 2.33. The molecule has 3 rings (SSSR count). The van der Waals surface area contributed by atoms with Crippen molar-refractivity contribution in [2.75, 3.05) is 0 Å². The Hall–Kier alpha value is -2.63. The third-order valence-electron chi connectivity index (χ3n) is 3.87. The molecular weight excluding hydrogens is 268 g/mol. The first-order valence-corrected chi connectivity index (χ1v) is 6.69. The Balaban J connectivity index is 2.00. The third-order valence-corrected chi connectivity index (χ3v) is 3.87. The predicted molar refractivity (Wildman–Crippen MR) is 76.1 cm³/mol. The molecule has 0 aliphatic carbocycles. The summed E-state index contributed by atoms with van der Waals surface area (Å²) in [4.78, 5) is 26.0. The van der Waals surface area contributed by atoms with Gasteiger partial charge in [-0.05, 0) is 18.6 Å². The van der Waals surface area contributed by atoms with Crippen molar-refractivity contribution in [3.63, 3.8) is 0 Å². The van der Waals surface area contributed by atoms with E-state index < -0.39 is 11.6 Å². The topological polar surface area (TPSA) is 67.2 Å². The maximum absolute atomic E-state index is 12.3. The second-order valence-electron chi connectivity index (χ2n) is 5.26. The van der Waals surface area contributed by atoms with Crippen molar-refractivity contribution >= 4 is 11.9 Å². The van der Waals surface area contributed by atoms with E-state index in [1.54, 1.807) is 11.6 Å². The molecule has 2 aromatic rings. The molecule has 3 amide bonds. The van der Waals surface area contributed by atoms with Gasteiger partial charge in [0, 0.05) is 13.2 Å². The third kappa shape index (κ3) is 2.08. The highest BCUT2D eigenvalue weighted by molar-refractivity contribution is 6.07. The van der Waals surface area contributed by atoms with Crippen LogP contribution >= 0.6 is 0 Å². The monoisotopic (exact) mass is 284 g/mol. The summed E-state index contributed by atoms with van der Waals surface area (Å²) in [6, 6.07) is 10.7. The summed E-state index contributed by atoms with van der Waals surface area (Å²) >= 11 is 0. The quantitative estimate of drug-likeness (QED) is 0.866. The van der Waals surface area contributed by atoms with Crippen molar-refractivity contribution in [2.45, 2.75) is 19.0 Å². The first kappa shape index (κ1) is 13.4. The van der Waals surface area contributed by atoms with Gasteiger partial charge in [-0.3, -0.25) is 19.7 Å². The molecule has 6 nitrogen and oxygen atoms in total. The average Bonchev–Trinajstić information content (AvgIpc) is 2.98. The van der Waals surface area contributed by atoms with Crippen LogP contribution in [-0.2, 0) is 23.9 Å². The van der Waals surface area contributed by atoms with Gasteiger partial charge in [0.1, 0.15) is 5.54 Å². The maximum Gasteiger partial charge on any atom is 0.325 e. The second kappa shape index (κ2) is 4.73. The van der Waals surface area contributed by atoms with Crippen LogP contribution in [0.4, 0.5) is 4.79 Å². The standard InChI is InChI=1S/C15H16N4O2/c1-15(11-6-4-3-5-7-11)13(20)16-14(21)19(15)10-12-8-9-18(2)17-12/h3-9H,10H2,1-2H3,(H,16,20,21). The van der Waals surface area contributed by atoms with Crippen molar-refractivity contribution in [3.8, 4) is 0 Å². The molecule has 1 aromatic carbocycles. The molecule has 6 heteroatoms. The lowest BCUT2D eigenvalue weighted by atomic mass is 9.90. The number of imide groups is 1. The van der Waals surface area contributed by atoms with E-state index in [2.05, 4.69) is 10.4 Å². The summed E-state index contributed by atoms with van der Waals surface area (Å²) in [5, 5.41) is 6.67. The summed E-state index contributed by atoms with van der Waals surface area (Å²) in [5.74, 6) is -0.311. The Morgan fingerprint density at radius 2 is 1.90 bits per heavy atom. The van der Waals surface area contributed by atoms with Crippen LogP contribution in [0, 0.1) is 0 Å². The van der Waals surface area contributed by atoms with Crippen LogP contribution in [0.1, 0.15) is 18.2 Å². The highest BCUT2D eigenvalue weighted by atomic mass is 16.2. The number of carbonyl (C=O) groups excluding carboxylic acids is 2. The van der Waals surface area contributed by atoms with Crippen LogP contribution in [0.2, 0.25) is 0 Å². The van der Waals surface area contributed by atoms with Crippen molar-refractivity contribution in [2.24, 2.45) is 7.05 Å². The minimum atomic E-state index is -1.02. The number of hydrogen-bond donors (Lipinski definition) is 1. The van der Waals surface area contributed by atoms with E-state index in [4.69, 9.17) is 0 Å². The SMILES string of the molecule is Cn1ccc(CN2C(=O)NC(=O)C2(C)c2ccccc2)n1. The number of amides is 3. The Morgan fingerprint density at radius 1 is 1.19 bits per heavy atom. The van der Waals surface area contributed by atoms with Crippen LogP contribution < -0.4 is 5.32 Å². The van der Waals surface area contributed by atoms with E-state index in [9.17, 15) is 9.59 Å². The zero-order chi connectivity index (χ0) is 15.0. The second-order valence-corrected chi connectivity index (χ2v) is 5.26. The van der Waals surface area contributed by atoms with Gasteiger partial charge in [0.25, 0.3) is 5.91 Å². The van der Waals surface area contributed by atoms with Gasteiger partial charge in [-0.2, -0.15) is 5.10 Å². The van der Waals surface area contributed by atoms with Gasteiger partial charge >= 0.3 is 6.03 Å². The Morgan fingerprint density at radius 3 is 2.52 bits per heavy atom. The van der Waals surface area contributed by atoms with Gasteiger partial charge in [0.15, 0.2) is 0 Å². The molecule has 0 saturated carbocycles. The fourth-order valence-corrected chi connectivity index (χ4v) is 2.60. The lowest BCUT2D eigenvalue weighted by Crippen LogP contribution is -2.43. The molecule has 1 aromatic heterocycles. The molecular formula is C15H16N4O2. The van der Waals surface area contributed by atoms with Crippen LogP contribution in [-0.4, -0.2) is 26.6 Å². The lowest BCUT2D eigenvalue weighted by molar-refractivity contribution is -0.126. The summed E-state index contributed by atoms with van der Waals surface area (Å²) in [7, 11) is 1.81. The fourth-order valence-electron chi connectivity index (χ4n) is 2.60. The number of urea groups is 1. The van der Waals surface area contributed by atoms with Gasteiger partial charge in [-0.1, -0.05) is 30.3 Å². The molecule has 21 heavy (non-hydrogen) atoms. The van der Waals surface area contributed by atoms with Crippen LogP contribution in [0.3, 0.4) is 0 Å². The summed E-state index contributed by atoms with van der Waals surface area (Å²) in [6.07, 6.45) is 1.81. The molecule has 2 heterocycles. The number of carbonyl (C=O) groups is 2. The molecule has 1 aliphatic heterocycles. The smallest absolute Gasteiger partial charge is 0.300 e. The Bertz CT molecular complexity index is 695. The predicted octanol–water partition coefficient (Wildman–Crippen LogP) is 1.39. The molecule has 0 radical (unpaired) electrons. The van der Waals surface area contributed by atoms with E-state index in [1.165, 1.54) is 4.90 Å². The van der Waals surface area contributed by atoms with Crippen molar-refractivity contribution in [1.29, 1.82) is 0 Å². The van der Waals surface area contributed by atoms with Crippen LogP contribution in [0.25, 0.3) is 0 Å².